The van der Waals surface area contributed by atoms with Gasteiger partial charge in [-0.1, -0.05) is 0 Å². The average Bonchev–Trinajstić information content (AvgIpc) is 2.40. The Labute approximate surface area is 204 Å². The molecule has 0 aliphatic rings. The number of rotatable bonds is 12. The van der Waals surface area contributed by atoms with Crippen LogP contribution in [0.3, 0.4) is 0 Å². The molecule has 0 aromatic heterocycles. The Morgan fingerprint density at radius 1 is 0.929 bits per heavy atom. The second kappa shape index (κ2) is 12.4. The molecular formula is C8H12Na2O15S3. The van der Waals surface area contributed by atoms with Crippen molar-refractivity contribution in [1.82, 2.24) is 0 Å². The van der Waals surface area contributed by atoms with Crippen LogP contribution in [-0.2, 0) is 57.2 Å². The van der Waals surface area contributed by atoms with Gasteiger partial charge in [0.1, 0.15) is 0 Å². The minimum atomic E-state index is -6.42. The summed E-state index contributed by atoms with van der Waals surface area (Å²) in [5.41, 5.74) is 0. The Kier molecular flexibility index (Phi) is 14.8. The van der Waals surface area contributed by atoms with E-state index in [0.717, 1.165) is 13.8 Å². The van der Waals surface area contributed by atoms with E-state index in [1.54, 1.807) is 0 Å². The molecule has 2 unspecified atom stereocenters. The smallest absolute Gasteiger partial charge is 0.547 e. The first kappa shape index (κ1) is 33.2. The SMILES string of the molecule is CCOS(=O)(=O)OC(C(=O)[O-])C(OS(=O)(=O)OCC)(C(=O)[O-])S(=O)(=O)O.[Na+].[Na+]. The van der Waals surface area contributed by atoms with Crippen LogP contribution in [0.15, 0.2) is 0 Å². The third-order valence-electron chi connectivity index (χ3n) is 2.19. The van der Waals surface area contributed by atoms with Crippen LogP contribution < -0.4 is 69.3 Å². The van der Waals surface area contributed by atoms with E-state index in [4.69, 9.17) is 4.55 Å². The summed E-state index contributed by atoms with van der Waals surface area (Å²) in [5, 5.41) is 22.3. The standard InChI is InChI=1S/C8H14O15S3.2Na/c1-3-20-25(16,17)22-5(6(9)10)8(7(11)12,24(13,14)15)23-26(18,19)21-4-2;;/h5H,3-4H2,1-2H3,(H,9,10)(H,11,12)(H,13,14,15);;/q;2*+1/p-2. The number of hydrogen-bond donors (Lipinski definition) is 1. The molecule has 0 spiro atoms. The predicted octanol–water partition coefficient (Wildman–Crippen LogP) is -11.0. The summed E-state index contributed by atoms with van der Waals surface area (Å²) >= 11 is 0. The van der Waals surface area contributed by atoms with Gasteiger partial charge in [0.15, 0.2) is 6.10 Å². The third-order valence-corrected chi connectivity index (χ3v) is 5.47. The van der Waals surface area contributed by atoms with Crippen LogP contribution in [0.1, 0.15) is 13.8 Å². The molecule has 2 atom stereocenters. The van der Waals surface area contributed by atoms with Crippen LogP contribution in [0.4, 0.5) is 0 Å². The molecule has 0 aliphatic heterocycles. The second-order valence-electron chi connectivity index (χ2n) is 3.94. The van der Waals surface area contributed by atoms with Crippen LogP contribution in [0.25, 0.3) is 0 Å². The molecule has 0 aromatic carbocycles. The fraction of sp³-hybridized carbons (Fsp3) is 0.750. The van der Waals surface area contributed by atoms with E-state index in [2.05, 4.69) is 16.7 Å². The van der Waals surface area contributed by atoms with Gasteiger partial charge in [0, 0.05) is 0 Å². The molecule has 0 saturated heterocycles. The quantitative estimate of drug-likeness (QED) is 0.197. The maximum absolute atomic E-state index is 11.5. The van der Waals surface area contributed by atoms with E-state index in [1.807, 2.05) is 0 Å². The summed E-state index contributed by atoms with van der Waals surface area (Å²) in [6.07, 6.45) is -3.82. The zero-order chi connectivity index (χ0) is 21.0. The van der Waals surface area contributed by atoms with E-state index in [1.165, 1.54) is 0 Å². The van der Waals surface area contributed by atoms with Crippen molar-refractivity contribution in [2.24, 2.45) is 0 Å². The maximum atomic E-state index is 11.5. The molecule has 1 N–H and O–H groups in total. The van der Waals surface area contributed by atoms with Crippen molar-refractivity contribution in [2.75, 3.05) is 13.2 Å². The van der Waals surface area contributed by atoms with Gasteiger partial charge in [-0.2, -0.15) is 25.3 Å². The number of aliphatic carboxylic acids is 2. The summed E-state index contributed by atoms with van der Waals surface area (Å²) in [7, 11) is -17.5. The molecule has 0 aromatic rings. The van der Waals surface area contributed by atoms with Gasteiger partial charge in [-0.05, 0) is 13.8 Å². The van der Waals surface area contributed by atoms with Crippen molar-refractivity contribution in [2.45, 2.75) is 24.9 Å². The summed E-state index contributed by atoms with van der Waals surface area (Å²) in [6, 6.07) is 0. The Hall–Kier alpha value is 0.590. The molecule has 0 radical (unpaired) electrons. The zero-order valence-corrected chi connectivity index (χ0v) is 21.3. The molecule has 0 heterocycles. The second-order valence-corrected chi connectivity index (χ2v) is 7.96. The zero-order valence-electron chi connectivity index (χ0n) is 14.9. The molecule has 0 aliphatic carbocycles. The van der Waals surface area contributed by atoms with Crippen molar-refractivity contribution in [3.63, 3.8) is 0 Å². The summed E-state index contributed by atoms with van der Waals surface area (Å²) in [4.78, 5) is 17.5. The van der Waals surface area contributed by atoms with E-state index >= 15 is 0 Å². The van der Waals surface area contributed by atoms with Gasteiger partial charge < -0.3 is 19.8 Å². The van der Waals surface area contributed by atoms with Gasteiger partial charge in [-0.25, -0.2) is 16.7 Å². The van der Waals surface area contributed by atoms with Crippen LogP contribution in [0.2, 0.25) is 0 Å². The number of hydrogen-bond acceptors (Lipinski definition) is 14. The Balaban J connectivity index is -0.00000312. The van der Waals surface area contributed by atoms with E-state index in [-0.39, 0.29) is 59.1 Å². The van der Waals surface area contributed by atoms with Crippen LogP contribution in [0, 0.1) is 0 Å². The summed E-state index contributed by atoms with van der Waals surface area (Å²) in [5.74, 6) is -6.18. The van der Waals surface area contributed by atoms with E-state index in [9.17, 15) is 45.1 Å². The first-order valence-electron chi connectivity index (χ1n) is 6.13. The van der Waals surface area contributed by atoms with E-state index in [0.29, 0.717) is 0 Å². The molecule has 154 valence electrons. The van der Waals surface area contributed by atoms with Crippen molar-refractivity contribution in [3.8, 4) is 0 Å². The van der Waals surface area contributed by atoms with Crippen molar-refractivity contribution in [3.05, 3.63) is 0 Å². The molecular weight excluding hydrogens is 478 g/mol. The van der Waals surface area contributed by atoms with Crippen molar-refractivity contribution in [1.29, 1.82) is 0 Å². The number of carboxylic acid groups (broad SMARTS) is 2. The van der Waals surface area contributed by atoms with Crippen molar-refractivity contribution < 1.29 is 125 Å². The van der Waals surface area contributed by atoms with E-state index < -0.39 is 67.1 Å². The van der Waals surface area contributed by atoms with Crippen LogP contribution in [0.5, 0.6) is 0 Å². The van der Waals surface area contributed by atoms with Crippen LogP contribution in [-0.4, -0.2) is 66.0 Å². The molecule has 20 heteroatoms. The normalized spacial score (nSPS) is 15.4. The first-order chi connectivity index (χ1) is 11.6. The summed E-state index contributed by atoms with van der Waals surface area (Å²) in [6.45, 7) is 0.622. The Morgan fingerprint density at radius 2 is 1.32 bits per heavy atom. The number of carbonyl (C=O) groups is 2. The van der Waals surface area contributed by atoms with Gasteiger partial charge in [0.05, 0.1) is 25.2 Å². The topological polar surface area (TPSA) is 240 Å². The van der Waals surface area contributed by atoms with Gasteiger partial charge in [-0.15, -0.1) is 0 Å². The fourth-order valence-electron chi connectivity index (χ4n) is 1.34. The Bertz CT molecular complexity index is 848. The number of carboxylic acids is 2. The Morgan fingerprint density at radius 3 is 1.61 bits per heavy atom. The monoisotopic (exact) mass is 490 g/mol. The van der Waals surface area contributed by atoms with Gasteiger partial charge in [-0.3, -0.25) is 4.55 Å². The largest absolute Gasteiger partial charge is 1.00 e. The van der Waals surface area contributed by atoms with Gasteiger partial charge in [0.25, 0.3) is 4.93 Å². The number of carbonyl (C=O) groups excluding carboxylic acids is 2. The van der Waals surface area contributed by atoms with Crippen molar-refractivity contribution >= 4 is 42.9 Å². The molecule has 0 amide bonds. The third kappa shape index (κ3) is 8.76. The summed E-state index contributed by atoms with van der Waals surface area (Å²) < 4.78 is 92.7. The fourth-order valence-corrected chi connectivity index (χ4v) is 4.21. The molecule has 0 bridgehead atoms. The molecule has 0 saturated carbocycles. The molecule has 28 heavy (non-hydrogen) atoms. The average molecular weight is 490 g/mol. The molecule has 0 rings (SSSR count). The van der Waals surface area contributed by atoms with Gasteiger partial charge in [0.2, 0.25) is 0 Å². The van der Waals surface area contributed by atoms with Gasteiger partial charge >= 0.3 is 90.0 Å². The minimum absolute atomic E-state index is 0. The maximum Gasteiger partial charge on any atom is 1.00 e. The van der Waals surface area contributed by atoms with Crippen LogP contribution >= 0.6 is 0 Å². The molecule has 15 nitrogen and oxygen atoms in total. The minimum Gasteiger partial charge on any atom is -0.547 e. The molecule has 0 fully saturated rings. The predicted molar refractivity (Wildman–Crippen MR) is 71.3 cm³/mol. The first-order valence-corrected chi connectivity index (χ1v) is 10.2.